The number of aromatic nitrogens is 1. The number of nitriles is 1. The number of ether oxygens (including phenoxy) is 2. The molecule has 0 aliphatic rings. The van der Waals surface area contributed by atoms with Crippen molar-refractivity contribution in [2.24, 2.45) is 0 Å². The number of H-pyrrole nitrogens is 1. The predicted molar refractivity (Wildman–Crippen MR) is 84.4 cm³/mol. The molecule has 0 atom stereocenters. The van der Waals surface area contributed by atoms with Crippen LogP contribution in [0.4, 0.5) is 0 Å². The van der Waals surface area contributed by atoms with Gasteiger partial charge in [0.1, 0.15) is 5.69 Å². The maximum Gasteiger partial charge on any atom is 0.355 e. The van der Waals surface area contributed by atoms with Gasteiger partial charge in [-0.25, -0.2) is 9.59 Å². The van der Waals surface area contributed by atoms with Crippen molar-refractivity contribution in [1.82, 2.24) is 9.88 Å². The van der Waals surface area contributed by atoms with Crippen LogP contribution >= 0.6 is 0 Å². The number of carbonyl (C=O) groups is 3. The lowest BCUT2D eigenvalue weighted by Gasteiger charge is -2.15. The minimum atomic E-state index is -0.696. The molecule has 8 nitrogen and oxygen atoms in total. The van der Waals surface area contributed by atoms with Crippen molar-refractivity contribution < 1.29 is 23.9 Å². The molecule has 0 bridgehead atoms. The van der Waals surface area contributed by atoms with E-state index in [1.54, 1.807) is 20.8 Å². The third-order valence-corrected chi connectivity index (χ3v) is 3.43. The molecular formula is C16H21N3O5. The topological polar surface area (TPSA) is 112 Å². The highest BCUT2D eigenvalue weighted by molar-refractivity contribution is 5.99. The van der Waals surface area contributed by atoms with Gasteiger partial charge in [-0.15, -0.1) is 0 Å². The highest BCUT2D eigenvalue weighted by Crippen LogP contribution is 2.19. The van der Waals surface area contributed by atoms with Crippen LogP contribution in [-0.2, 0) is 14.3 Å². The number of likely N-dealkylation sites (N-methyl/N-ethyl adjacent to an activating group) is 1. The number of nitrogens with one attached hydrogen (secondary N) is 1. The van der Waals surface area contributed by atoms with E-state index >= 15 is 0 Å². The van der Waals surface area contributed by atoms with Crippen LogP contribution in [0.25, 0.3) is 0 Å². The van der Waals surface area contributed by atoms with E-state index in [-0.39, 0.29) is 30.8 Å². The molecule has 1 aromatic rings. The first-order valence-electron chi connectivity index (χ1n) is 7.47. The zero-order chi connectivity index (χ0) is 18.3. The lowest BCUT2D eigenvalue weighted by molar-refractivity contribution is -0.133. The molecule has 0 saturated heterocycles. The van der Waals surface area contributed by atoms with Gasteiger partial charge in [-0.3, -0.25) is 4.79 Å². The number of hydrogen-bond acceptors (Lipinski definition) is 6. The molecule has 0 aliphatic heterocycles. The van der Waals surface area contributed by atoms with Crippen LogP contribution in [0.15, 0.2) is 0 Å². The first-order chi connectivity index (χ1) is 11.3. The van der Waals surface area contributed by atoms with Crippen LogP contribution in [0.2, 0.25) is 0 Å². The number of carbonyl (C=O) groups excluding carboxylic acids is 3. The van der Waals surface area contributed by atoms with Gasteiger partial charge < -0.3 is 19.4 Å². The molecule has 1 rings (SSSR count). The van der Waals surface area contributed by atoms with Crippen LogP contribution in [0.3, 0.4) is 0 Å². The summed E-state index contributed by atoms with van der Waals surface area (Å²) in [5, 5.41) is 8.50. The summed E-state index contributed by atoms with van der Waals surface area (Å²) in [7, 11) is 1.53. The fourth-order valence-electron chi connectivity index (χ4n) is 2.12. The van der Waals surface area contributed by atoms with Crippen molar-refractivity contribution in [3.63, 3.8) is 0 Å². The SMILES string of the molecule is CCOC(=O)c1[nH]c(C)c(C(=O)OCC(=O)N(C)CCC#N)c1C. The molecule has 0 unspecified atom stereocenters. The van der Waals surface area contributed by atoms with Crippen LogP contribution in [-0.4, -0.2) is 54.5 Å². The number of rotatable bonds is 7. The minimum absolute atomic E-state index is 0.193. The maximum atomic E-state index is 12.2. The van der Waals surface area contributed by atoms with Crippen molar-refractivity contribution in [2.75, 3.05) is 26.8 Å². The summed E-state index contributed by atoms with van der Waals surface area (Å²) in [6.07, 6.45) is 0.203. The lowest BCUT2D eigenvalue weighted by Crippen LogP contribution is -2.32. The van der Waals surface area contributed by atoms with E-state index in [0.717, 1.165) is 0 Å². The van der Waals surface area contributed by atoms with E-state index in [9.17, 15) is 14.4 Å². The summed E-state index contributed by atoms with van der Waals surface area (Å²) in [6, 6.07) is 1.93. The van der Waals surface area contributed by atoms with Crippen molar-refractivity contribution in [1.29, 1.82) is 5.26 Å². The predicted octanol–water partition coefficient (Wildman–Crippen LogP) is 1.34. The molecular weight excluding hydrogens is 314 g/mol. The summed E-state index contributed by atoms with van der Waals surface area (Å²) >= 11 is 0. The largest absolute Gasteiger partial charge is 0.461 e. The second-order valence-electron chi connectivity index (χ2n) is 5.15. The number of aromatic amines is 1. The Morgan fingerprint density at radius 2 is 1.88 bits per heavy atom. The summed E-state index contributed by atoms with van der Waals surface area (Å²) in [5.41, 5.74) is 1.29. The van der Waals surface area contributed by atoms with Gasteiger partial charge in [-0.05, 0) is 26.3 Å². The zero-order valence-corrected chi connectivity index (χ0v) is 14.3. The third-order valence-electron chi connectivity index (χ3n) is 3.43. The molecule has 0 aliphatic carbocycles. The average molecular weight is 335 g/mol. The Morgan fingerprint density at radius 1 is 1.21 bits per heavy atom. The molecule has 24 heavy (non-hydrogen) atoms. The Hall–Kier alpha value is -2.82. The van der Waals surface area contributed by atoms with Crippen molar-refractivity contribution in [3.8, 4) is 6.07 Å². The van der Waals surface area contributed by atoms with E-state index in [2.05, 4.69) is 4.98 Å². The van der Waals surface area contributed by atoms with Gasteiger partial charge in [0.15, 0.2) is 6.61 Å². The fraction of sp³-hybridized carbons (Fsp3) is 0.500. The molecule has 1 aromatic heterocycles. The molecule has 0 aromatic carbocycles. The average Bonchev–Trinajstić information content (AvgIpc) is 2.84. The molecule has 130 valence electrons. The quantitative estimate of drug-likeness (QED) is 0.752. The van der Waals surface area contributed by atoms with E-state index in [1.807, 2.05) is 6.07 Å². The highest BCUT2D eigenvalue weighted by atomic mass is 16.5. The van der Waals surface area contributed by atoms with Crippen molar-refractivity contribution >= 4 is 17.8 Å². The first kappa shape index (κ1) is 19.2. The van der Waals surface area contributed by atoms with E-state index < -0.39 is 24.5 Å². The fourth-order valence-corrected chi connectivity index (χ4v) is 2.12. The molecule has 0 fully saturated rings. The molecule has 0 spiro atoms. The van der Waals surface area contributed by atoms with Crippen molar-refractivity contribution in [2.45, 2.75) is 27.2 Å². The van der Waals surface area contributed by atoms with Crippen LogP contribution in [0.5, 0.6) is 0 Å². The van der Waals surface area contributed by atoms with Crippen LogP contribution < -0.4 is 0 Å². The van der Waals surface area contributed by atoms with Crippen molar-refractivity contribution in [3.05, 3.63) is 22.5 Å². The molecule has 1 N–H and O–H groups in total. The summed E-state index contributed by atoms with van der Waals surface area (Å²) in [6.45, 7) is 4.98. The normalized spacial score (nSPS) is 9.96. The number of hydrogen-bond donors (Lipinski definition) is 1. The number of nitrogens with zero attached hydrogens (tertiary/aromatic N) is 2. The van der Waals surface area contributed by atoms with Gasteiger partial charge in [-0.1, -0.05) is 0 Å². The first-order valence-corrected chi connectivity index (χ1v) is 7.47. The molecule has 1 amide bonds. The lowest BCUT2D eigenvalue weighted by atomic mass is 10.1. The van der Waals surface area contributed by atoms with Gasteiger partial charge in [0, 0.05) is 19.3 Å². The van der Waals surface area contributed by atoms with Gasteiger partial charge in [-0.2, -0.15) is 5.26 Å². The number of esters is 2. The zero-order valence-electron chi connectivity index (χ0n) is 14.3. The van der Waals surface area contributed by atoms with Crippen LogP contribution in [0, 0.1) is 25.2 Å². The summed E-state index contributed by atoms with van der Waals surface area (Å²) < 4.78 is 9.94. The smallest absolute Gasteiger partial charge is 0.355 e. The second kappa shape index (κ2) is 8.72. The van der Waals surface area contributed by atoms with Crippen LogP contribution in [0.1, 0.15) is 45.4 Å². The second-order valence-corrected chi connectivity index (χ2v) is 5.15. The van der Waals surface area contributed by atoms with E-state index in [1.165, 1.54) is 11.9 Å². The monoisotopic (exact) mass is 335 g/mol. The number of amides is 1. The Morgan fingerprint density at radius 3 is 2.46 bits per heavy atom. The van der Waals surface area contributed by atoms with E-state index in [4.69, 9.17) is 14.7 Å². The standard InChI is InChI=1S/C16H21N3O5/c1-5-23-16(22)14-10(2)13(11(3)18-14)15(21)24-9-12(20)19(4)8-6-7-17/h18H,5-6,8-9H2,1-4H3. The Kier molecular flexibility index (Phi) is 6.98. The van der Waals surface area contributed by atoms with E-state index in [0.29, 0.717) is 11.3 Å². The van der Waals surface area contributed by atoms with Gasteiger partial charge in [0.2, 0.25) is 0 Å². The van der Waals surface area contributed by atoms with Gasteiger partial charge >= 0.3 is 11.9 Å². The Labute approximate surface area is 140 Å². The molecule has 1 heterocycles. The minimum Gasteiger partial charge on any atom is -0.461 e. The van der Waals surface area contributed by atoms with Gasteiger partial charge in [0.25, 0.3) is 5.91 Å². The van der Waals surface area contributed by atoms with Gasteiger partial charge in [0.05, 0.1) is 24.7 Å². The Bertz CT molecular complexity index is 672. The highest BCUT2D eigenvalue weighted by Gasteiger charge is 2.24. The molecule has 0 saturated carbocycles. The Balaban J connectivity index is 2.77. The molecule has 0 radical (unpaired) electrons. The molecule has 8 heteroatoms. The third kappa shape index (κ3) is 4.59. The summed E-state index contributed by atoms with van der Waals surface area (Å²) in [5.74, 6) is -1.65. The maximum absolute atomic E-state index is 12.2. The number of aryl methyl sites for hydroxylation is 1. The summed E-state index contributed by atoms with van der Waals surface area (Å²) in [4.78, 5) is 40.0.